The summed E-state index contributed by atoms with van der Waals surface area (Å²) in [6.07, 6.45) is 6.01. The van der Waals surface area contributed by atoms with Gasteiger partial charge in [0, 0.05) is 46.9 Å². The van der Waals surface area contributed by atoms with Crippen LogP contribution in [0.25, 0.3) is 33.1 Å². The summed E-state index contributed by atoms with van der Waals surface area (Å²) in [6, 6.07) is 11.7. The molecule has 9 nitrogen and oxygen atoms in total. The van der Waals surface area contributed by atoms with Crippen LogP contribution in [0.1, 0.15) is 64.5 Å². The van der Waals surface area contributed by atoms with E-state index in [1.807, 2.05) is 44.2 Å². The number of aromatic nitrogens is 5. The topological polar surface area (TPSA) is 112 Å². The van der Waals surface area contributed by atoms with E-state index >= 15 is 0 Å². The molecule has 2 aliphatic rings. The maximum atomic E-state index is 13.0. The van der Waals surface area contributed by atoms with E-state index in [-0.39, 0.29) is 11.9 Å². The van der Waals surface area contributed by atoms with E-state index in [0.717, 1.165) is 96.9 Å². The zero-order valence-electron chi connectivity index (χ0n) is 24.6. The lowest BCUT2D eigenvalue weighted by Crippen LogP contribution is -2.36. The minimum Gasteiger partial charge on any atom is -0.379 e. The average Bonchev–Trinajstić information content (AvgIpc) is 3.67. The Morgan fingerprint density at radius 3 is 2.58 bits per heavy atom. The molecule has 0 radical (unpaired) electrons. The number of rotatable bonds is 5. The first-order valence-electron chi connectivity index (χ1n) is 15.1. The van der Waals surface area contributed by atoms with Gasteiger partial charge in [0.05, 0.1) is 42.5 Å². The third-order valence-corrected chi connectivity index (χ3v) is 8.51. The van der Waals surface area contributed by atoms with E-state index in [0.29, 0.717) is 12.1 Å². The SMILES string of the molecule is Cc1cnc(C(C)NC(=O)c2ccc(-c3nc4ccc5n[nH]c(C#CCN6CCOCC6)c5c4c4c3CCCC4)cc2)[nH]1. The highest BCUT2D eigenvalue weighted by Crippen LogP contribution is 2.38. The number of imidazole rings is 1. The Kier molecular flexibility index (Phi) is 7.39. The molecule has 1 aliphatic heterocycles. The van der Waals surface area contributed by atoms with Crippen LogP contribution < -0.4 is 5.32 Å². The van der Waals surface area contributed by atoms with Crippen LogP contribution in [0.2, 0.25) is 0 Å². The molecule has 2 aromatic carbocycles. The molecule has 1 fully saturated rings. The minimum absolute atomic E-state index is 0.133. The van der Waals surface area contributed by atoms with Crippen LogP contribution in [0.15, 0.2) is 42.6 Å². The van der Waals surface area contributed by atoms with Crippen molar-refractivity contribution in [3.05, 3.63) is 76.5 Å². The number of nitrogens with one attached hydrogen (secondary N) is 3. The quantitative estimate of drug-likeness (QED) is 0.259. The predicted molar refractivity (Wildman–Crippen MR) is 167 cm³/mol. The maximum Gasteiger partial charge on any atom is 0.251 e. The Labute approximate surface area is 250 Å². The molecule has 43 heavy (non-hydrogen) atoms. The number of carbonyl (C=O) groups excluding carboxylic acids is 1. The third-order valence-electron chi connectivity index (χ3n) is 8.51. The van der Waals surface area contributed by atoms with Gasteiger partial charge in [0.1, 0.15) is 11.5 Å². The van der Waals surface area contributed by atoms with Crippen molar-refractivity contribution in [2.75, 3.05) is 32.8 Å². The zero-order chi connectivity index (χ0) is 29.3. The molecule has 0 saturated carbocycles. The van der Waals surface area contributed by atoms with Gasteiger partial charge in [-0.3, -0.25) is 14.8 Å². The first-order chi connectivity index (χ1) is 21.0. The highest BCUT2D eigenvalue weighted by atomic mass is 16.5. The highest BCUT2D eigenvalue weighted by Gasteiger charge is 2.23. The van der Waals surface area contributed by atoms with Crippen LogP contribution in [-0.2, 0) is 17.6 Å². The fourth-order valence-corrected chi connectivity index (χ4v) is 6.24. The first-order valence-corrected chi connectivity index (χ1v) is 15.1. The number of hydrogen-bond donors (Lipinski definition) is 3. The fraction of sp³-hybridized carbons (Fsp3) is 0.353. The monoisotopic (exact) mass is 573 g/mol. The summed E-state index contributed by atoms with van der Waals surface area (Å²) in [6.45, 7) is 7.94. The number of fused-ring (bicyclic) bond motifs is 5. The second-order valence-corrected chi connectivity index (χ2v) is 11.5. The Bertz CT molecular complexity index is 1870. The van der Waals surface area contributed by atoms with E-state index in [1.165, 1.54) is 16.5 Å². The van der Waals surface area contributed by atoms with Gasteiger partial charge in [-0.1, -0.05) is 18.1 Å². The lowest BCUT2D eigenvalue weighted by Gasteiger charge is -2.24. The Hall–Kier alpha value is -4.52. The second kappa shape index (κ2) is 11.6. The molecule has 9 heteroatoms. The maximum absolute atomic E-state index is 13.0. The zero-order valence-corrected chi connectivity index (χ0v) is 24.6. The summed E-state index contributed by atoms with van der Waals surface area (Å²) in [7, 11) is 0. The molecule has 0 bridgehead atoms. The molecule has 1 saturated heterocycles. The van der Waals surface area contributed by atoms with Gasteiger partial charge in [-0.15, -0.1) is 0 Å². The van der Waals surface area contributed by atoms with E-state index in [4.69, 9.17) is 9.72 Å². The van der Waals surface area contributed by atoms with E-state index in [2.05, 4.69) is 48.3 Å². The van der Waals surface area contributed by atoms with Crippen molar-refractivity contribution in [2.24, 2.45) is 0 Å². The number of nitrogens with zero attached hydrogens (tertiary/aromatic N) is 4. The van der Waals surface area contributed by atoms with Gasteiger partial charge in [-0.2, -0.15) is 5.10 Å². The molecule has 1 aliphatic carbocycles. The molecule has 3 N–H and O–H groups in total. The molecule has 5 aromatic rings. The molecule has 218 valence electrons. The number of H-pyrrole nitrogens is 2. The Morgan fingerprint density at radius 2 is 1.81 bits per heavy atom. The molecule has 1 unspecified atom stereocenters. The summed E-state index contributed by atoms with van der Waals surface area (Å²) in [5, 5.41) is 13.1. The molecule has 4 heterocycles. The summed E-state index contributed by atoms with van der Waals surface area (Å²) in [4.78, 5) is 28.1. The van der Waals surface area contributed by atoms with Gasteiger partial charge in [-0.25, -0.2) is 9.97 Å². The molecular weight excluding hydrogens is 538 g/mol. The molecule has 7 rings (SSSR count). The van der Waals surface area contributed by atoms with Crippen molar-refractivity contribution in [1.29, 1.82) is 0 Å². The lowest BCUT2D eigenvalue weighted by molar-refractivity contribution is 0.0443. The number of benzene rings is 2. The Morgan fingerprint density at radius 1 is 1.05 bits per heavy atom. The summed E-state index contributed by atoms with van der Waals surface area (Å²) < 4.78 is 5.46. The second-order valence-electron chi connectivity index (χ2n) is 11.5. The van der Waals surface area contributed by atoms with Gasteiger partial charge < -0.3 is 15.0 Å². The minimum atomic E-state index is -0.219. The molecule has 3 aromatic heterocycles. The number of pyridine rings is 1. The van der Waals surface area contributed by atoms with E-state index in [1.54, 1.807) is 6.20 Å². The lowest BCUT2D eigenvalue weighted by atomic mass is 9.85. The largest absolute Gasteiger partial charge is 0.379 e. The highest BCUT2D eigenvalue weighted by molar-refractivity contribution is 6.10. The van der Waals surface area contributed by atoms with Crippen LogP contribution >= 0.6 is 0 Å². The van der Waals surface area contributed by atoms with Crippen molar-refractivity contribution in [3.63, 3.8) is 0 Å². The Balaban J connectivity index is 1.21. The van der Waals surface area contributed by atoms with Gasteiger partial charge in [0.25, 0.3) is 5.91 Å². The van der Waals surface area contributed by atoms with Crippen LogP contribution in [0.3, 0.4) is 0 Å². The number of ether oxygens (including phenoxy) is 1. The summed E-state index contributed by atoms with van der Waals surface area (Å²) in [5.74, 6) is 7.35. The molecule has 1 atom stereocenters. The van der Waals surface area contributed by atoms with E-state index < -0.39 is 0 Å². The molecule has 0 spiro atoms. The number of aromatic amines is 2. The van der Waals surface area contributed by atoms with Crippen molar-refractivity contribution in [2.45, 2.75) is 45.6 Å². The fourth-order valence-electron chi connectivity index (χ4n) is 6.24. The van der Waals surface area contributed by atoms with Gasteiger partial charge >= 0.3 is 0 Å². The first kappa shape index (κ1) is 27.3. The standard InChI is InChI=1S/C34H35N7O2/c1-21-20-35-33(36-21)22(2)37-34(42)24-11-9-23(10-12-24)32-26-7-4-3-6-25(26)30-27(38-32)13-14-29-31(30)28(39-40-29)8-5-15-41-16-18-43-19-17-41/h9-14,20,22H,3-4,6-7,15-19H2,1-2H3,(H,35,36)(H,37,42)(H,39,40). The molecule has 1 amide bonds. The molecular formula is C34H35N7O2. The van der Waals surface area contributed by atoms with Crippen LogP contribution in [0.4, 0.5) is 0 Å². The van der Waals surface area contributed by atoms with Crippen molar-refractivity contribution >= 4 is 27.7 Å². The van der Waals surface area contributed by atoms with Crippen molar-refractivity contribution < 1.29 is 9.53 Å². The van der Waals surface area contributed by atoms with Crippen LogP contribution in [0, 0.1) is 18.8 Å². The smallest absolute Gasteiger partial charge is 0.251 e. The summed E-state index contributed by atoms with van der Waals surface area (Å²) >= 11 is 0. The predicted octanol–water partition coefficient (Wildman–Crippen LogP) is 4.86. The van der Waals surface area contributed by atoms with Crippen LogP contribution in [0.5, 0.6) is 0 Å². The van der Waals surface area contributed by atoms with Gasteiger partial charge in [0.2, 0.25) is 0 Å². The van der Waals surface area contributed by atoms with Crippen molar-refractivity contribution in [3.8, 4) is 23.1 Å². The van der Waals surface area contributed by atoms with Gasteiger partial charge in [0.15, 0.2) is 0 Å². The van der Waals surface area contributed by atoms with Crippen LogP contribution in [-0.4, -0.2) is 68.8 Å². The average molecular weight is 574 g/mol. The normalized spacial score (nSPS) is 16.0. The number of carbonyl (C=O) groups is 1. The third kappa shape index (κ3) is 5.40. The van der Waals surface area contributed by atoms with Gasteiger partial charge in [-0.05, 0) is 80.8 Å². The summed E-state index contributed by atoms with van der Waals surface area (Å²) in [5.41, 5.74) is 8.94. The number of amides is 1. The number of hydrogen-bond acceptors (Lipinski definition) is 6. The number of aryl methyl sites for hydroxylation is 2. The number of morpholine rings is 1. The van der Waals surface area contributed by atoms with E-state index in [9.17, 15) is 4.79 Å². The van der Waals surface area contributed by atoms with Crippen molar-refractivity contribution in [1.82, 2.24) is 35.4 Å².